The summed E-state index contributed by atoms with van der Waals surface area (Å²) in [4.78, 5) is 23.0. The van der Waals surface area contributed by atoms with Crippen molar-refractivity contribution >= 4 is 29.1 Å². The summed E-state index contributed by atoms with van der Waals surface area (Å²) in [5.74, 6) is -1.39. The number of Topliss-reactive ketones (excluding diaryl/α,β-unsaturated/α-hetero) is 1. The molecule has 0 radical (unpaired) electrons. The van der Waals surface area contributed by atoms with Crippen LogP contribution in [-0.4, -0.2) is 30.6 Å². The van der Waals surface area contributed by atoms with Gasteiger partial charge in [0.05, 0.1) is 13.2 Å². The SMILES string of the molecule is CCOC(=O)/C(C)=N\NCC(=O)Cc1c(F)cccc1Cl. The first-order valence-corrected chi connectivity index (χ1v) is 6.72. The highest BCUT2D eigenvalue weighted by Gasteiger charge is 2.12. The molecule has 114 valence electrons. The van der Waals surface area contributed by atoms with E-state index in [1.807, 2.05) is 0 Å². The van der Waals surface area contributed by atoms with E-state index in [1.165, 1.54) is 25.1 Å². The van der Waals surface area contributed by atoms with Gasteiger partial charge in [-0.25, -0.2) is 9.18 Å². The third kappa shape index (κ3) is 5.51. The maximum absolute atomic E-state index is 13.5. The molecule has 0 aliphatic heterocycles. The lowest BCUT2D eigenvalue weighted by atomic mass is 10.1. The largest absolute Gasteiger partial charge is 0.461 e. The predicted octanol–water partition coefficient (Wildman–Crippen LogP) is 2.12. The highest BCUT2D eigenvalue weighted by Crippen LogP contribution is 2.19. The van der Waals surface area contributed by atoms with Gasteiger partial charge in [0.25, 0.3) is 0 Å². The number of benzene rings is 1. The number of hydrogen-bond acceptors (Lipinski definition) is 5. The summed E-state index contributed by atoms with van der Waals surface area (Å²) >= 11 is 5.83. The molecule has 0 aliphatic rings. The van der Waals surface area contributed by atoms with Gasteiger partial charge in [-0.1, -0.05) is 17.7 Å². The van der Waals surface area contributed by atoms with Gasteiger partial charge in [0.2, 0.25) is 0 Å². The summed E-state index contributed by atoms with van der Waals surface area (Å²) in [6, 6.07) is 4.23. The Labute approximate surface area is 127 Å². The molecule has 5 nitrogen and oxygen atoms in total. The molecule has 0 unspecified atom stereocenters. The highest BCUT2D eigenvalue weighted by molar-refractivity contribution is 6.35. The van der Waals surface area contributed by atoms with Gasteiger partial charge in [-0.3, -0.25) is 4.79 Å². The summed E-state index contributed by atoms with van der Waals surface area (Å²) in [5, 5.41) is 3.92. The Morgan fingerprint density at radius 1 is 1.43 bits per heavy atom. The summed E-state index contributed by atoms with van der Waals surface area (Å²) in [6.07, 6.45) is -0.146. The first-order valence-electron chi connectivity index (χ1n) is 6.34. The Morgan fingerprint density at radius 3 is 2.76 bits per heavy atom. The molecule has 0 atom stereocenters. The number of halogens is 2. The van der Waals surface area contributed by atoms with Crippen LogP contribution in [0, 0.1) is 5.82 Å². The standard InChI is InChI=1S/C14H16ClFN2O3/c1-3-21-14(20)9(2)18-17-8-10(19)7-11-12(15)5-4-6-13(11)16/h4-6,17H,3,7-8H2,1-2H3/b18-9-. The number of carbonyl (C=O) groups is 2. The number of nitrogens with zero attached hydrogens (tertiary/aromatic N) is 1. The van der Waals surface area contributed by atoms with Gasteiger partial charge in [0.15, 0.2) is 5.78 Å². The van der Waals surface area contributed by atoms with E-state index in [2.05, 4.69) is 10.5 Å². The van der Waals surface area contributed by atoms with E-state index < -0.39 is 11.8 Å². The maximum atomic E-state index is 13.5. The van der Waals surface area contributed by atoms with Crippen molar-refractivity contribution in [3.63, 3.8) is 0 Å². The van der Waals surface area contributed by atoms with Gasteiger partial charge in [0, 0.05) is 17.0 Å². The average molecular weight is 315 g/mol. The van der Waals surface area contributed by atoms with Crippen LogP contribution in [0.15, 0.2) is 23.3 Å². The second-order valence-electron chi connectivity index (χ2n) is 4.17. The summed E-state index contributed by atoms with van der Waals surface area (Å²) in [5.41, 5.74) is 2.71. The zero-order chi connectivity index (χ0) is 15.8. The first kappa shape index (κ1) is 17.1. The molecule has 1 N–H and O–H groups in total. The van der Waals surface area contributed by atoms with Gasteiger partial charge < -0.3 is 10.2 Å². The number of hydrazone groups is 1. The molecular formula is C14H16ClFN2O3. The van der Waals surface area contributed by atoms with Crippen LogP contribution in [0.1, 0.15) is 19.4 Å². The Balaban J connectivity index is 2.52. The first-order chi connectivity index (χ1) is 9.95. The molecule has 0 amide bonds. The zero-order valence-electron chi connectivity index (χ0n) is 11.8. The number of rotatable bonds is 7. The normalized spacial score (nSPS) is 11.1. The van der Waals surface area contributed by atoms with Crippen LogP contribution in [0.4, 0.5) is 4.39 Å². The monoisotopic (exact) mass is 314 g/mol. The van der Waals surface area contributed by atoms with Crippen molar-refractivity contribution in [2.75, 3.05) is 13.2 Å². The third-order valence-corrected chi connectivity index (χ3v) is 2.88. The molecule has 1 rings (SSSR count). The van der Waals surface area contributed by atoms with Gasteiger partial charge in [-0.15, -0.1) is 0 Å². The summed E-state index contributed by atoms with van der Waals surface area (Å²) < 4.78 is 18.2. The Kier molecular flexibility index (Phi) is 6.81. The van der Waals surface area contributed by atoms with Crippen LogP contribution in [0.3, 0.4) is 0 Å². The van der Waals surface area contributed by atoms with Gasteiger partial charge in [0.1, 0.15) is 11.5 Å². The Bertz CT molecular complexity index is 541. The van der Waals surface area contributed by atoms with E-state index in [-0.39, 0.29) is 41.7 Å². The van der Waals surface area contributed by atoms with E-state index in [9.17, 15) is 14.0 Å². The molecule has 0 saturated carbocycles. The molecule has 0 fully saturated rings. The molecule has 1 aromatic carbocycles. The molecule has 7 heteroatoms. The molecule has 0 aliphatic carbocycles. The van der Waals surface area contributed by atoms with E-state index in [0.717, 1.165) is 0 Å². The van der Waals surface area contributed by atoms with Crippen molar-refractivity contribution in [3.05, 3.63) is 34.6 Å². The van der Waals surface area contributed by atoms with Crippen LogP contribution < -0.4 is 5.43 Å². The minimum absolute atomic E-state index is 0.105. The number of hydrogen-bond donors (Lipinski definition) is 1. The van der Waals surface area contributed by atoms with Crippen molar-refractivity contribution in [2.24, 2.45) is 5.10 Å². The number of esters is 1. The molecule has 0 aromatic heterocycles. The second kappa shape index (κ2) is 8.36. The lowest BCUT2D eigenvalue weighted by Gasteiger charge is -2.06. The fraction of sp³-hybridized carbons (Fsp3) is 0.357. The minimum atomic E-state index is -0.561. The van der Waals surface area contributed by atoms with Gasteiger partial charge in [-0.05, 0) is 26.0 Å². The smallest absolute Gasteiger partial charge is 0.354 e. The predicted molar refractivity (Wildman–Crippen MR) is 77.9 cm³/mol. The molecule has 1 aromatic rings. The number of ketones is 1. The van der Waals surface area contributed by atoms with Gasteiger partial charge >= 0.3 is 5.97 Å². The Hall–Kier alpha value is -1.95. The van der Waals surface area contributed by atoms with E-state index in [4.69, 9.17) is 16.3 Å². The van der Waals surface area contributed by atoms with Crippen molar-refractivity contribution in [1.82, 2.24) is 5.43 Å². The Morgan fingerprint density at radius 2 is 2.14 bits per heavy atom. The molecule has 0 spiro atoms. The average Bonchev–Trinajstić information content (AvgIpc) is 2.43. The molecule has 0 saturated heterocycles. The lowest BCUT2D eigenvalue weighted by molar-refractivity contribution is -0.135. The second-order valence-corrected chi connectivity index (χ2v) is 4.58. The van der Waals surface area contributed by atoms with Crippen molar-refractivity contribution in [3.8, 4) is 0 Å². The summed E-state index contributed by atoms with van der Waals surface area (Å²) in [7, 11) is 0. The van der Waals surface area contributed by atoms with Crippen LogP contribution in [0.5, 0.6) is 0 Å². The van der Waals surface area contributed by atoms with Crippen molar-refractivity contribution in [1.29, 1.82) is 0 Å². The fourth-order valence-electron chi connectivity index (χ4n) is 1.49. The van der Waals surface area contributed by atoms with Crippen LogP contribution in [0.2, 0.25) is 5.02 Å². The number of nitrogens with one attached hydrogen (secondary N) is 1. The quantitative estimate of drug-likeness (QED) is 0.475. The molecule has 0 bridgehead atoms. The van der Waals surface area contributed by atoms with Crippen LogP contribution >= 0.6 is 11.6 Å². The van der Waals surface area contributed by atoms with Crippen LogP contribution in [-0.2, 0) is 20.7 Å². The topological polar surface area (TPSA) is 67.8 Å². The van der Waals surface area contributed by atoms with Crippen molar-refractivity contribution in [2.45, 2.75) is 20.3 Å². The number of ether oxygens (including phenoxy) is 1. The molecule has 21 heavy (non-hydrogen) atoms. The van der Waals surface area contributed by atoms with E-state index in [0.29, 0.717) is 0 Å². The molecular weight excluding hydrogens is 299 g/mol. The zero-order valence-corrected chi connectivity index (χ0v) is 12.5. The van der Waals surface area contributed by atoms with E-state index >= 15 is 0 Å². The minimum Gasteiger partial charge on any atom is -0.461 e. The van der Waals surface area contributed by atoms with Crippen molar-refractivity contribution < 1.29 is 18.7 Å². The lowest BCUT2D eigenvalue weighted by Crippen LogP contribution is -2.24. The maximum Gasteiger partial charge on any atom is 0.354 e. The third-order valence-electron chi connectivity index (χ3n) is 2.53. The van der Waals surface area contributed by atoms with Gasteiger partial charge in [-0.2, -0.15) is 5.10 Å². The highest BCUT2D eigenvalue weighted by atomic mass is 35.5. The summed E-state index contributed by atoms with van der Waals surface area (Å²) in [6.45, 7) is 3.25. The fourth-order valence-corrected chi connectivity index (χ4v) is 1.72. The van der Waals surface area contributed by atoms with E-state index in [1.54, 1.807) is 6.92 Å². The van der Waals surface area contributed by atoms with Crippen LogP contribution in [0.25, 0.3) is 0 Å². The number of carbonyl (C=O) groups excluding carboxylic acids is 2. The molecule has 0 heterocycles.